The number of aliphatic hydroxyl groups is 1. The van der Waals surface area contributed by atoms with Crippen molar-refractivity contribution in [3.05, 3.63) is 24.3 Å². The lowest BCUT2D eigenvalue weighted by Crippen LogP contribution is -2.04. The van der Waals surface area contributed by atoms with Crippen LogP contribution in [0.1, 0.15) is 129 Å². The topological polar surface area (TPSA) is 57.5 Å². The molecular formula is C26H48O3. The molecule has 0 rings (SSSR count). The molecule has 0 aromatic heterocycles. The minimum atomic E-state index is -0.669. The number of aliphatic carboxylic acids is 1. The van der Waals surface area contributed by atoms with Gasteiger partial charge in [-0.1, -0.05) is 115 Å². The third-order valence-electron chi connectivity index (χ3n) is 5.42. The van der Waals surface area contributed by atoms with Crippen molar-refractivity contribution >= 4 is 5.97 Å². The van der Waals surface area contributed by atoms with Gasteiger partial charge in [0.05, 0.1) is 6.10 Å². The molecule has 2 N–H and O–H groups in total. The first kappa shape index (κ1) is 27.9. The summed E-state index contributed by atoms with van der Waals surface area (Å²) < 4.78 is 0. The number of hydrogen-bond acceptors (Lipinski definition) is 2. The maximum atomic E-state index is 10.4. The van der Waals surface area contributed by atoms with Gasteiger partial charge in [-0.3, -0.25) is 4.79 Å². The maximum Gasteiger partial charge on any atom is 0.303 e. The van der Waals surface area contributed by atoms with Crippen molar-refractivity contribution < 1.29 is 15.0 Å². The summed E-state index contributed by atoms with van der Waals surface area (Å²) in [4.78, 5) is 10.4. The van der Waals surface area contributed by atoms with Crippen molar-refractivity contribution in [1.82, 2.24) is 0 Å². The number of hydrogen-bond donors (Lipinski definition) is 2. The van der Waals surface area contributed by atoms with Crippen LogP contribution in [0.15, 0.2) is 24.3 Å². The normalized spacial score (nSPS) is 12.9. The molecule has 3 nitrogen and oxygen atoms in total. The summed E-state index contributed by atoms with van der Waals surface area (Å²) in [5, 5.41) is 18.6. The van der Waals surface area contributed by atoms with Crippen LogP contribution in [0.5, 0.6) is 0 Å². The molecule has 0 aliphatic rings. The van der Waals surface area contributed by atoms with Gasteiger partial charge in [-0.05, 0) is 32.1 Å². The molecule has 0 amide bonds. The molecule has 0 radical (unpaired) electrons. The van der Waals surface area contributed by atoms with Crippen LogP contribution >= 0.6 is 0 Å². The van der Waals surface area contributed by atoms with E-state index in [1.54, 1.807) is 0 Å². The van der Waals surface area contributed by atoms with E-state index in [2.05, 4.69) is 31.2 Å². The average Bonchev–Trinajstić information content (AvgIpc) is 2.70. The Morgan fingerprint density at radius 3 is 1.79 bits per heavy atom. The Kier molecular flexibility index (Phi) is 22.3. The lowest BCUT2D eigenvalue weighted by Gasteiger charge is -2.07. The summed E-state index contributed by atoms with van der Waals surface area (Å²) >= 11 is 0. The molecule has 3 heteroatoms. The standard InChI is InChI=1S/C26H48O3/c1-2-3-4-5-6-13-16-19-22-25(27)23-20-17-14-11-9-7-8-10-12-15-18-21-24-26(28)29/h5-6,16,19,25,27H,2-4,7-15,17-18,20-24H2,1H3,(H,28,29). The Hall–Kier alpha value is -1.09. The quantitative estimate of drug-likeness (QED) is 0.141. The molecule has 29 heavy (non-hydrogen) atoms. The second-order valence-electron chi connectivity index (χ2n) is 8.39. The third-order valence-corrected chi connectivity index (χ3v) is 5.42. The van der Waals surface area contributed by atoms with Gasteiger partial charge in [0.25, 0.3) is 0 Å². The Labute approximate surface area is 180 Å². The highest BCUT2D eigenvalue weighted by Gasteiger charge is 2.01. The molecule has 0 heterocycles. The van der Waals surface area contributed by atoms with Crippen LogP contribution in [-0.2, 0) is 4.79 Å². The highest BCUT2D eigenvalue weighted by molar-refractivity contribution is 5.66. The van der Waals surface area contributed by atoms with Crippen molar-refractivity contribution in [3.63, 3.8) is 0 Å². The van der Waals surface area contributed by atoms with Gasteiger partial charge in [-0.15, -0.1) is 0 Å². The van der Waals surface area contributed by atoms with E-state index in [1.165, 1.54) is 77.0 Å². The molecule has 0 aliphatic heterocycles. The Balaban J connectivity index is 3.25. The number of carboxylic acid groups (broad SMARTS) is 1. The van der Waals surface area contributed by atoms with Crippen LogP contribution in [0.25, 0.3) is 0 Å². The minimum absolute atomic E-state index is 0.175. The van der Waals surface area contributed by atoms with E-state index in [1.807, 2.05) is 0 Å². The number of unbranched alkanes of at least 4 members (excludes halogenated alkanes) is 13. The SMILES string of the molecule is CCCCC=CCC=CCC(O)CCCCCCCCCCCCCCC(=O)O. The first-order valence-electron chi connectivity index (χ1n) is 12.4. The smallest absolute Gasteiger partial charge is 0.303 e. The van der Waals surface area contributed by atoms with Crippen molar-refractivity contribution in [2.24, 2.45) is 0 Å². The Bertz CT molecular complexity index is 401. The van der Waals surface area contributed by atoms with Gasteiger partial charge in [0.15, 0.2) is 0 Å². The molecule has 1 atom stereocenters. The lowest BCUT2D eigenvalue weighted by atomic mass is 10.0. The predicted octanol–water partition coefficient (Wildman–Crippen LogP) is 7.98. The Morgan fingerprint density at radius 2 is 1.24 bits per heavy atom. The zero-order chi connectivity index (χ0) is 21.4. The molecular weight excluding hydrogens is 360 g/mol. The molecule has 0 saturated carbocycles. The molecule has 170 valence electrons. The zero-order valence-electron chi connectivity index (χ0n) is 19.1. The minimum Gasteiger partial charge on any atom is -0.481 e. The summed E-state index contributed by atoms with van der Waals surface area (Å²) in [6, 6.07) is 0. The van der Waals surface area contributed by atoms with Crippen molar-refractivity contribution in [1.29, 1.82) is 0 Å². The van der Waals surface area contributed by atoms with E-state index in [9.17, 15) is 9.90 Å². The molecule has 0 spiro atoms. The van der Waals surface area contributed by atoms with Crippen LogP contribution in [0.2, 0.25) is 0 Å². The molecule has 0 saturated heterocycles. The van der Waals surface area contributed by atoms with E-state index in [0.717, 1.165) is 38.5 Å². The predicted molar refractivity (Wildman–Crippen MR) is 125 cm³/mol. The molecule has 0 bridgehead atoms. The monoisotopic (exact) mass is 408 g/mol. The van der Waals surface area contributed by atoms with Gasteiger partial charge in [-0.25, -0.2) is 0 Å². The highest BCUT2D eigenvalue weighted by Crippen LogP contribution is 2.14. The Morgan fingerprint density at radius 1 is 0.724 bits per heavy atom. The van der Waals surface area contributed by atoms with Crippen LogP contribution in [0, 0.1) is 0 Å². The fourth-order valence-electron chi connectivity index (χ4n) is 3.51. The number of aliphatic hydroxyl groups excluding tert-OH is 1. The molecule has 0 fully saturated rings. The molecule has 0 aromatic carbocycles. The fraction of sp³-hybridized carbons (Fsp3) is 0.808. The molecule has 0 aromatic rings. The zero-order valence-corrected chi connectivity index (χ0v) is 19.1. The van der Waals surface area contributed by atoms with Gasteiger partial charge >= 0.3 is 5.97 Å². The third kappa shape index (κ3) is 24.9. The van der Waals surface area contributed by atoms with E-state index in [-0.39, 0.29) is 6.10 Å². The van der Waals surface area contributed by atoms with Crippen LogP contribution in [0.3, 0.4) is 0 Å². The van der Waals surface area contributed by atoms with Crippen molar-refractivity contribution in [3.8, 4) is 0 Å². The summed E-state index contributed by atoms with van der Waals surface area (Å²) in [7, 11) is 0. The number of rotatable bonds is 22. The maximum absolute atomic E-state index is 10.4. The molecule has 0 aliphatic carbocycles. The van der Waals surface area contributed by atoms with Gasteiger partial charge < -0.3 is 10.2 Å². The second-order valence-corrected chi connectivity index (χ2v) is 8.39. The van der Waals surface area contributed by atoms with Gasteiger partial charge in [-0.2, -0.15) is 0 Å². The second kappa shape index (κ2) is 23.2. The van der Waals surface area contributed by atoms with Gasteiger partial charge in [0.2, 0.25) is 0 Å². The molecule has 1 unspecified atom stereocenters. The van der Waals surface area contributed by atoms with Crippen molar-refractivity contribution in [2.75, 3.05) is 0 Å². The van der Waals surface area contributed by atoms with Crippen LogP contribution < -0.4 is 0 Å². The first-order valence-corrected chi connectivity index (χ1v) is 12.4. The van der Waals surface area contributed by atoms with E-state index in [4.69, 9.17) is 5.11 Å². The summed E-state index contributed by atoms with van der Waals surface area (Å²) in [6.45, 7) is 2.22. The lowest BCUT2D eigenvalue weighted by molar-refractivity contribution is -0.137. The fourth-order valence-corrected chi connectivity index (χ4v) is 3.51. The van der Waals surface area contributed by atoms with E-state index >= 15 is 0 Å². The van der Waals surface area contributed by atoms with E-state index < -0.39 is 5.97 Å². The number of allylic oxidation sites excluding steroid dienone is 3. The first-order chi connectivity index (χ1) is 14.2. The highest BCUT2D eigenvalue weighted by atomic mass is 16.4. The van der Waals surface area contributed by atoms with Crippen LogP contribution in [0.4, 0.5) is 0 Å². The average molecular weight is 409 g/mol. The number of carbonyl (C=O) groups is 1. The van der Waals surface area contributed by atoms with Crippen molar-refractivity contribution in [2.45, 2.75) is 135 Å². The van der Waals surface area contributed by atoms with E-state index in [0.29, 0.717) is 6.42 Å². The van der Waals surface area contributed by atoms with Crippen LogP contribution in [-0.4, -0.2) is 22.3 Å². The summed E-state index contributed by atoms with van der Waals surface area (Å²) in [5.74, 6) is -0.669. The van der Waals surface area contributed by atoms with Gasteiger partial charge in [0.1, 0.15) is 0 Å². The summed E-state index contributed by atoms with van der Waals surface area (Å²) in [6.07, 6.45) is 29.9. The summed E-state index contributed by atoms with van der Waals surface area (Å²) in [5.41, 5.74) is 0. The van der Waals surface area contributed by atoms with Gasteiger partial charge in [0, 0.05) is 6.42 Å². The number of carboxylic acids is 1. The largest absolute Gasteiger partial charge is 0.481 e.